The molecule has 2 rings (SSSR count). The topological polar surface area (TPSA) is 90.1 Å². The molecule has 0 radical (unpaired) electrons. The van der Waals surface area contributed by atoms with Gasteiger partial charge in [-0.25, -0.2) is 4.39 Å². The first-order valence-corrected chi connectivity index (χ1v) is 10.7. The number of aliphatic hydroxyl groups is 3. The molecule has 0 saturated heterocycles. The predicted octanol–water partition coefficient (Wildman–Crippen LogP) is 3.96. The number of carbonyl (C=O) groups excluding carboxylic acids is 1. The summed E-state index contributed by atoms with van der Waals surface area (Å²) in [6.45, 7) is 1.61. The second-order valence-corrected chi connectivity index (χ2v) is 8.23. The van der Waals surface area contributed by atoms with Gasteiger partial charge in [-0.3, -0.25) is 4.99 Å². The van der Waals surface area contributed by atoms with Crippen LogP contribution in [0.3, 0.4) is 0 Å². The van der Waals surface area contributed by atoms with Gasteiger partial charge in [-0.2, -0.15) is 0 Å². The summed E-state index contributed by atoms with van der Waals surface area (Å²) < 4.78 is 13.6. The lowest BCUT2D eigenvalue weighted by atomic mass is 9.85. The third-order valence-corrected chi connectivity index (χ3v) is 5.87. The molecule has 0 aromatic heterocycles. The fraction of sp³-hybridized carbons (Fsp3) is 0.652. The summed E-state index contributed by atoms with van der Waals surface area (Å²) in [5.74, 6) is -0.252. The van der Waals surface area contributed by atoms with Crippen LogP contribution in [0.25, 0.3) is 0 Å². The highest BCUT2D eigenvalue weighted by Crippen LogP contribution is 2.39. The Kier molecular flexibility index (Phi) is 9.91. The van der Waals surface area contributed by atoms with Crippen molar-refractivity contribution in [2.45, 2.75) is 83.0 Å². The molecule has 0 bridgehead atoms. The van der Waals surface area contributed by atoms with Crippen LogP contribution in [0.2, 0.25) is 0 Å². The molecule has 1 aromatic carbocycles. The SMILES string of the molecule is CC(=O)CCCCCC[C@@H]1[C@@H](CCC(O)C=Nc2ccccc2F)[C@H](O)C[C@@H]1O. The summed E-state index contributed by atoms with van der Waals surface area (Å²) >= 11 is 0. The van der Waals surface area contributed by atoms with E-state index in [-0.39, 0.29) is 23.3 Å². The summed E-state index contributed by atoms with van der Waals surface area (Å²) in [4.78, 5) is 15.0. The van der Waals surface area contributed by atoms with Crippen LogP contribution in [0.15, 0.2) is 29.3 Å². The van der Waals surface area contributed by atoms with Crippen LogP contribution in [-0.2, 0) is 4.79 Å². The molecule has 0 heterocycles. The second kappa shape index (κ2) is 12.2. The number of para-hydroxylation sites is 1. The molecule has 5 nitrogen and oxygen atoms in total. The van der Waals surface area contributed by atoms with Crippen LogP contribution in [0.1, 0.15) is 64.7 Å². The maximum Gasteiger partial charge on any atom is 0.148 e. The van der Waals surface area contributed by atoms with E-state index in [1.807, 2.05) is 0 Å². The van der Waals surface area contributed by atoms with Gasteiger partial charge in [-0.1, -0.05) is 31.4 Å². The van der Waals surface area contributed by atoms with Crippen LogP contribution in [0.4, 0.5) is 10.1 Å². The Morgan fingerprint density at radius 2 is 1.79 bits per heavy atom. The van der Waals surface area contributed by atoms with Crippen molar-refractivity contribution in [1.29, 1.82) is 0 Å². The number of aliphatic hydroxyl groups excluding tert-OH is 3. The van der Waals surface area contributed by atoms with Gasteiger partial charge in [0.05, 0.1) is 24.0 Å². The average Bonchev–Trinajstić information content (AvgIpc) is 2.94. The van der Waals surface area contributed by atoms with Crippen molar-refractivity contribution in [3.05, 3.63) is 30.1 Å². The van der Waals surface area contributed by atoms with Crippen molar-refractivity contribution in [2.75, 3.05) is 0 Å². The molecule has 162 valence electrons. The van der Waals surface area contributed by atoms with Gasteiger partial charge in [-0.15, -0.1) is 0 Å². The first kappa shape index (κ1) is 23.6. The third-order valence-electron chi connectivity index (χ3n) is 5.87. The number of benzene rings is 1. The number of hydrogen-bond donors (Lipinski definition) is 3. The smallest absolute Gasteiger partial charge is 0.148 e. The van der Waals surface area contributed by atoms with E-state index in [1.54, 1.807) is 25.1 Å². The highest BCUT2D eigenvalue weighted by Gasteiger charge is 2.40. The van der Waals surface area contributed by atoms with Gasteiger partial charge in [0.25, 0.3) is 0 Å². The van der Waals surface area contributed by atoms with E-state index in [0.29, 0.717) is 25.7 Å². The van der Waals surface area contributed by atoms with Crippen molar-refractivity contribution in [3.8, 4) is 0 Å². The highest BCUT2D eigenvalue weighted by atomic mass is 19.1. The van der Waals surface area contributed by atoms with Crippen molar-refractivity contribution in [1.82, 2.24) is 0 Å². The molecule has 29 heavy (non-hydrogen) atoms. The van der Waals surface area contributed by atoms with Gasteiger partial charge < -0.3 is 20.1 Å². The van der Waals surface area contributed by atoms with Crippen LogP contribution < -0.4 is 0 Å². The number of ketones is 1. The first-order valence-electron chi connectivity index (χ1n) is 10.7. The van der Waals surface area contributed by atoms with E-state index < -0.39 is 24.1 Å². The minimum absolute atomic E-state index is 0.0218. The molecule has 3 N–H and O–H groups in total. The Bertz CT molecular complexity index is 666. The zero-order valence-electron chi connectivity index (χ0n) is 17.2. The number of rotatable bonds is 12. The molecule has 5 atom stereocenters. The predicted molar refractivity (Wildman–Crippen MR) is 112 cm³/mol. The summed E-state index contributed by atoms with van der Waals surface area (Å²) in [5.41, 5.74) is 0.186. The minimum atomic E-state index is -0.827. The van der Waals surface area contributed by atoms with Crippen LogP contribution >= 0.6 is 0 Å². The molecular formula is C23H34FNO4. The molecule has 1 unspecified atom stereocenters. The molecule has 1 aromatic rings. The van der Waals surface area contributed by atoms with Crippen LogP contribution in [0.5, 0.6) is 0 Å². The number of carbonyl (C=O) groups is 1. The standard InChI is InChI=1S/C23H34FNO4/c1-16(26)8-4-2-3-5-9-18-19(23(29)14-22(18)28)13-12-17(27)15-25-21-11-7-6-10-20(21)24/h6-7,10-11,15,17-19,22-23,27-29H,2-5,8-9,12-14H2,1H3/t17?,18-,19-,22+,23-/m1/s1. The molecule has 0 aliphatic heterocycles. The zero-order chi connectivity index (χ0) is 21.2. The summed E-state index contributed by atoms with van der Waals surface area (Å²) in [6.07, 6.45) is 6.12. The lowest BCUT2D eigenvalue weighted by Gasteiger charge is -2.24. The fourth-order valence-electron chi connectivity index (χ4n) is 4.25. The van der Waals surface area contributed by atoms with Crippen molar-refractivity contribution in [3.63, 3.8) is 0 Å². The van der Waals surface area contributed by atoms with Gasteiger partial charge >= 0.3 is 0 Å². The molecule has 0 amide bonds. The van der Waals surface area contributed by atoms with Crippen molar-refractivity contribution >= 4 is 17.7 Å². The molecule has 1 aliphatic carbocycles. The maximum absolute atomic E-state index is 13.6. The Morgan fingerprint density at radius 3 is 2.48 bits per heavy atom. The van der Waals surface area contributed by atoms with Crippen molar-refractivity contribution < 1.29 is 24.5 Å². The van der Waals surface area contributed by atoms with Gasteiger partial charge in [-0.05, 0) is 63.0 Å². The fourth-order valence-corrected chi connectivity index (χ4v) is 4.25. The Morgan fingerprint density at radius 1 is 1.14 bits per heavy atom. The van der Waals surface area contributed by atoms with E-state index >= 15 is 0 Å². The number of hydrogen-bond acceptors (Lipinski definition) is 5. The average molecular weight is 408 g/mol. The van der Waals surface area contributed by atoms with Gasteiger partial charge in [0.15, 0.2) is 0 Å². The van der Waals surface area contributed by atoms with E-state index in [1.165, 1.54) is 12.3 Å². The third kappa shape index (κ3) is 7.96. The monoisotopic (exact) mass is 407 g/mol. The zero-order valence-corrected chi connectivity index (χ0v) is 17.2. The van der Waals surface area contributed by atoms with Gasteiger partial charge in [0.2, 0.25) is 0 Å². The normalized spacial score (nSPS) is 25.6. The lowest BCUT2D eigenvalue weighted by molar-refractivity contribution is -0.117. The van der Waals surface area contributed by atoms with Crippen molar-refractivity contribution in [2.24, 2.45) is 16.8 Å². The van der Waals surface area contributed by atoms with E-state index in [2.05, 4.69) is 4.99 Å². The number of unbranched alkanes of at least 4 members (excludes halogenated alkanes) is 3. The van der Waals surface area contributed by atoms with E-state index in [9.17, 15) is 24.5 Å². The molecule has 0 spiro atoms. The lowest BCUT2D eigenvalue weighted by Crippen LogP contribution is -2.24. The molecule has 1 aliphatic rings. The van der Waals surface area contributed by atoms with E-state index in [0.717, 1.165) is 32.1 Å². The Labute approximate surface area is 172 Å². The van der Waals surface area contributed by atoms with Gasteiger partial charge in [0.1, 0.15) is 11.6 Å². The Balaban J connectivity index is 1.77. The maximum atomic E-state index is 13.6. The molecule has 1 fully saturated rings. The second-order valence-electron chi connectivity index (χ2n) is 8.23. The quantitative estimate of drug-likeness (QED) is 0.361. The van der Waals surface area contributed by atoms with Crippen LogP contribution in [0, 0.1) is 17.7 Å². The highest BCUT2D eigenvalue weighted by molar-refractivity contribution is 5.75. The number of nitrogens with zero attached hydrogens (tertiary/aromatic N) is 1. The summed E-state index contributed by atoms with van der Waals surface area (Å²) in [5, 5.41) is 30.8. The van der Waals surface area contributed by atoms with Gasteiger partial charge in [0, 0.05) is 12.6 Å². The summed E-state index contributed by atoms with van der Waals surface area (Å²) in [6, 6.07) is 6.13. The molecule has 1 saturated carbocycles. The minimum Gasteiger partial charge on any atom is -0.393 e. The molecule has 6 heteroatoms. The Hall–Kier alpha value is -1.63. The first-order chi connectivity index (χ1) is 13.9. The molecular weight excluding hydrogens is 373 g/mol. The number of aliphatic imine (C=N–C) groups is 1. The number of Topliss-reactive ketones (excluding diaryl/α,β-unsaturated/α-hetero) is 1. The largest absolute Gasteiger partial charge is 0.393 e. The summed E-state index contributed by atoms with van der Waals surface area (Å²) in [7, 11) is 0. The number of halogens is 1. The van der Waals surface area contributed by atoms with E-state index in [4.69, 9.17) is 0 Å². The van der Waals surface area contributed by atoms with Crippen LogP contribution in [-0.4, -0.2) is 45.6 Å².